The minimum absolute atomic E-state index is 0.0905. The second kappa shape index (κ2) is 4.97. The average Bonchev–Trinajstić information content (AvgIpc) is 2.27. The largest absolute Gasteiger partial charge is 0.369 e. The van der Waals surface area contributed by atoms with Crippen LogP contribution in [0.5, 0.6) is 0 Å². The van der Waals surface area contributed by atoms with Gasteiger partial charge in [-0.2, -0.15) is 0 Å². The molecule has 1 aliphatic rings. The fourth-order valence-electron chi connectivity index (χ4n) is 2.96. The van der Waals surface area contributed by atoms with Gasteiger partial charge in [0.1, 0.15) is 0 Å². The summed E-state index contributed by atoms with van der Waals surface area (Å²) < 4.78 is 0. The van der Waals surface area contributed by atoms with E-state index < -0.39 is 0 Å². The van der Waals surface area contributed by atoms with E-state index >= 15 is 0 Å². The van der Waals surface area contributed by atoms with Gasteiger partial charge in [-0.1, -0.05) is 20.8 Å². The topological polar surface area (TPSA) is 46.3 Å². The summed E-state index contributed by atoms with van der Waals surface area (Å²) in [4.78, 5) is 13.8. The molecule has 1 atom stereocenters. The van der Waals surface area contributed by atoms with Gasteiger partial charge in [0.05, 0.1) is 0 Å². The quantitative estimate of drug-likeness (QED) is 0.772. The Morgan fingerprint density at radius 3 is 2.40 bits per heavy atom. The molecular formula is C12H24N2O. The molecule has 1 unspecified atom stereocenters. The molecule has 0 bridgehead atoms. The molecule has 1 heterocycles. The van der Waals surface area contributed by atoms with Crippen LogP contribution in [0.1, 0.15) is 46.5 Å². The van der Waals surface area contributed by atoms with Crippen LogP contribution in [0.3, 0.4) is 0 Å². The summed E-state index contributed by atoms with van der Waals surface area (Å²) in [6.07, 6.45) is 4.11. The first-order chi connectivity index (χ1) is 7.09. The highest BCUT2D eigenvalue weighted by molar-refractivity contribution is 5.76. The number of likely N-dealkylation sites (tertiary alicyclic amines) is 1. The summed E-state index contributed by atoms with van der Waals surface area (Å²) in [7, 11) is 0. The van der Waals surface area contributed by atoms with E-state index in [1.54, 1.807) is 0 Å². The normalized spacial score (nSPS) is 26.5. The Morgan fingerprint density at radius 2 is 2.00 bits per heavy atom. The SMILES string of the molecule is CCN1CCC(C(N)=O)CC1(CC)CC. The fourth-order valence-corrected chi connectivity index (χ4v) is 2.96. The lowest BCUT2D eigenvalue weighted by Crippen LogP contribution is -2.54. The van der Waals surface area contributed by atoms with Crippen molar-refractivity contribution in [1.29, 1.82) is 0 Å². The molecule has 15 heavy (non-hydrogen) atoms. The van der Waals surface area contributed by atoms with E-state index in [9.17, 15) is 4.79 Å². The van der Waals surface area contributed by atoms with Crippen molar-refractivity contribution in [3.63, 3.8) is 0 Å². The summed E-state index contributed by atoms with van der Waals surface area (Å²) >= 11 is 0. The lowest BCUT2D eigenvalue weighted by atomic mass is 9.76. The van der Waals surface area contributed by atoms with Crippen LogP contribution in [0.2, 0.25) is 0 Å². The zero-order valence-electron chi connectivity index (χ0n) is 10.3. The van der Waals surface area contributed by atoms with Crippen molar-refractivity contribution < 1.29 is 4.79 Å². The van der Waals surface area contributed by atoms with E-state index in [4.69, 9.17) is 5.73 Å². The summed E-state index contributed by atoms with van der Waals surface area (Å²) in [6, 6.07) is 0. The highest BCUT2D eigenvalue weighted by Gasteiger charge is 2.40. The molecule has 1 saturated heterocycles. The number of rotatable bonds is 4. The standard InChI is InChI=1S/C12H24N2O/c1-4-12(5-2)9-10(11(13)15)7-8-14(12)6-3/h10H,4-9H2,1-3H3,(H2,13,15). The number of primary amides is 1. The summed E-state index contributed by atoms with van der Waals surface area (Å²) in [6.45, 7) is 8.73. The first-order valence-corrected chi connectivity index (χ1v) is 6.14. The van der Waals surface area contributed by atoms with Crippen LogP contribution >= 0.6 is 0 Å². The van der Waals surface area contributed by atoms with Crippen molar-refractivity contribution in [2.75, 3.05) is 13.1 Å². The van der Waals surface area contributed by atoms with Crippen molar-refractivity contribution in [2.24, 2.45) is 11.7 Å². The van der Waals surface area contributed by atoms with Crippen LogP contribution in [0.4, 0.5) is 0 Å². The number of nitrogens with zero attached hydrogens (tertiary/aromatic N) is 1. The molecule has 1 aliphatic heterocycles. The first-order valence-electron chi connectivity index (χ1n) is 6.14. The second-order valence-corrected chi connectivity index (χ2v) is 4.60. The highest BCUT2D eigenvalue weighted by atomic mass is 16.1. The van der Waals surface area contributed by atoms with Crippen LogP contribution in [-0.2, 0) is 4.79 Å². The highest BCUT2D eigenvalue weighted by Crippen LogP contribution is 2.36. The molecule has 0 spiro atoms. The number of hydrogen-bond acceptors (Lipinski definition) is 2. The van der Waals surface area contributed by atoms with Gasteiger partial charge in [-0.3, -0.25) is 9.69 Å². The maximum Gasteiger partial charge on any atom is 0.220 e. The molecule has 1 rings (SSSR count). The molecule has 1 fully saturated rings. The zero-order chi connectivity index (χ0) is 11.5. The van der Waals surface area contributed by atoms with Crippen molar-refractivity contribution in [1.82, 2.24) is 4.90 Å². The van der Waals surface area contributed by atoms with E-state index in [0.29, 0.717) is 0 Å². The van der Waals surface area contributed by atoms with Crippen molar-refractivity contribution in [3.05, 3.63) is 0 Å². The Morgan fingerprint density at radius 1 is 1.40 bits per heavy atom. The molecule has 0 aromatic rings. The van der Waals surface area contributed by atoms with Gasteiger partial charge in [0.2, 0.25) is 5.91 Å². The average molecular weight is 212 g/mol. The number of carbonyl (C=O) groups is 1. The third-order valence-corrected chi connectivity index (χ3v) is 4.14. The Hall–Kier alpha value is -0.570. The van der Waals surface area contributed by atoms with E-state index in [1.807, 2.05) is 0 Å². The minimum Gasteiger partial charge on any atom is -0.369 e. The van der Waals surface area contributed by atoms with Crippen LogP contribution in [-0.4, -0.2) is 29.4 Å². The Balaban J connectivity index is 2.81. The van der Waals surface area contributed by atoms with Gasteiger partial charge in [0.25, 0.3) is 0 Å². The Bertz CT molecular complexity index is 224. The van der Waals surface area contributed by atoms with Crippen LogP contribution < -0.4 is 5.73 Å². The summed E-state index contributed by atoms with van der Waals surface area (Å²) in [5.74, 6) is -0.0234. The number of piperidine rings is 1. The number of carbonyl (C=O) groups excluding carboxylic acids is 1. The molecule has 0 aromatic carbocycles. The van der Waals surface area contributed by atoms with Crippen LogP contribution in [0, 0.1) is 5.92 Å². The molecule has 2 N–H and O–H groups in total. The van der Waals surface area contributed by atoms with Crippen LogP contribution in [0.15, 0.2) is 0 Å². The second-order valence-electron chi connectivity index (χ2n) is 4.60. The van der Waals surface area contributed by atoms with Gasteiger partial charge in [-0.05, 0) is 38.8 Å². The van der Waals surface area contributed by atoms with Gasteiger partial charge in [-0.15, -0.1) is 0 Å². The summed E-state index contributed by atoms with van der Waals surface area (Å²) in [5, 5.41) is 0. The maximum atomic E-state index is 11.3. The Labute approximate surface area is 93.0 Å². The zero-order valence-corrected chi connectivity index (χ0v) is 10.3. The van der Waals surface area contributed by atoms with Gasteiger partial charge < -0.3 is 5.73 Å². The van der Waals surface area contributed by atoms with Gasteiger partial charge >= 0.3 is 0 Å². The number of nitrogens with two attached hydrogens (primary N) is 1. The van der Waals surface area contributed by atoms with E-state index in [-0.39, 0.29) is 17.4 Å². The van der Waals surface area contributed by atoms with Crippen LogP contribution in [0.25, 0.3) is 0 Å². The molecule has 3 heteroatoms. The minimum atomic E-state index is -0.114. The van der Waals surface area contributed by atoms with Gasteiger partial charge in [-0.25, -0.2) is 0 Å². The third kappa shape index (κ3) is 2.33. The molecule has 3 nitrogen and oxygen atoms in total. The maximum absolute atomic E-state index is 11.3. The van der Waals surface area contributed by atoms with Gasteiger partial charge in [0, 0.05) is 11.5 Å². The Kier molecular flexibility index (Phi) is 4.14. The molecule has 88 valence electrons. The van der Waals surface area contributed by atoms with Crippen molar-refractivity contribution in [3.8, 4) is 0 Å². The summed E-state index contributed by atoms with van der Waals surface area (Å²) in [5.41, 5.74) is 5.64. The molecule has 0 aromatic heterocycles. The molecule has 0 aliphatic carbocycles. The molecule has 0 saturated carbocycles. The van der Waals surface area contributed by atoms with E-state index in [2.05, 4.69) is 25.7 Å². The lowest BCUT2D eigenvalue weighted by molar-refractivity contribution is -0.125. The predicted molar refractivity (Wildman–Crippen MR) is 62.5 cm³/mol. The van der Waals surface area contributed by atoms with Gasteiger partial charge in [0.15, 0.2) is 0 Å². The molecular weight excluding hydrogens is 188 g/mol. The third-order valence-electron chi connectivity index (χ3n) is 4.14. The smallest absolute Gasteiger partial charge is 0.220 e. The van der Waals surface area contributed by atoms with E-state index in [0.717, 1.165) is 38.8 Å². The monoisotopic (exact) mass is 212 g/mol. The number of hydrogen-bond donors (Lipinski definition) is 1. The lowest BCUT2D eigenvalue weighted by Gasteiger charge is -2.48. The number of amides is 1. The van der Waals surface area contributed by atoms with Crippen molar-refractivity contribution in [2.45, 2.75) is 52.0 Å². The predicted octanol–water partition coefficient (Wildman–Crippen LogP) is 1.76. The fraction of sp³-hybridized carbons (Fsp3) is 0.917. The molecule has 0 radical (unpaired) electrons. The van der Waals surface area contributed by atoms with Crippen molar-refractivity contribution >= 4 is 5.91 Å². The van der Waals surface area contributed by atoms with E-state index in [1.165, 1.54) is 0 Å². The first kappa shape index (κ1) is 12.5. The molecule has 1 amide bonds.